The van der Waals surface area contributed by atoms with Crippen molar-refractivity contribution in [2.24, 2.45) is 0 Å². The van der Waals surface area contributed by atoms with Gasteiger partial charge in [0.1, 0.15) is 17.2 Å². The molecular weight excluding hydrogens is 426 g/mol. The molecule has 0 N–H and O–H groups in total. The Balaban J connectivity index is 1.47. The highest BCUT2D eigenvalue weighted by Gasteiger charge is 2.27. The minimum absolute atomic E-state index is 0.130. The lowest BCUT2D eigenvalue weighted by molar-refractivity contribution is -0.384. The van der Waals surface area contributed by atoms with Crippen LogP contribution in [0.4, 0.5) is 5.69 Å². The van der Waals surface area contributed by atoms with Gasteiger partial charge in [0.05, 0.1) is 23.2 Å². The van der Waals surface area contributed by atoms with Gasteiger partial charge in [0.2, 0.25) is 5.78 Å². The maximum Gasteiger partial charge on any atom is 0.343 e. The average Bonchev–Trinajstić information content (AvgIpc) is 3.14. The highest BCUT2D eigenvalue weighted by molar-refractivity contribution is 6.12. The molecule has 0 atom stereocenters. The van der Waals surface area contributed by atoms with E-state index in [1.807, 2.05) is 24.3 Å². The minimum Gasteiger partial charge on any atom is -0.496 e. The fraction of sp³-hybridized carbons (Fsp3) is 0.0400. The first-order chi connectivity index (χ1) is 16.0. The van der Waals surface area contributed by atoms with Gasteiger partial charge in [-0.25, -0.2) is 4.79 Å². The highest BCUT2D eigenvalue weighted by Crippen LogP contribution is 2.34. The van der Waals surface area contributed by atoms with Gasteiger partial charge in [0.15, 0.2) is 5.76 Å². The number of esters is 1. The van der Waals surface area contributed by atoms with E-state index in [-0.39, 0.29) is 34.3 Å². The number of benzene rings is 3. The Hall–Kier alpha value is -4.72. The molecule has 0 spiro atoms. The first-order valence-electron chi connectivity index (χ1n) is 9.81. The molecule has 0 radical (unpaired) electrons. The predicted octanol–water partition coefficient (Wildman–Crippen LogP) is 5.00. The number of carbonyl (C=O) groups is 2. The van der Waals surface area contributed by atoms with E-state index in [4.69, 9.17) is 14.2 Å². The molecule has 0 bridgehead atoms. The Bertz CT molecular complexity index is 1310. The first-order valence-corrected chi connectivity index (χ1v) is 9.81. The van der Waals surface area contributed by atoms with Crippen LogP contribution in [-0.2, 0) is 0 Å². The summed E-state index contributed by atoms with van der Waals surface area (Å²) in [5.41, 5.74) is 1.22. The van der Waals surface area contributed by atoms with Crippen molar-refractivity contribution >= 4 is 23.5 Å². The van der Waals surface area contributed by atoms with Crippen LogP contribution in [0.25, 0.3) is 6.08 Å². The van der Waals surface area contributed by atoms with Crippen molar-refractivity contribution in [2.45, 2.75) is 0 Å². The van der Waals surface area contributed by atoms with E-state index in [1.54, 1.807) is 25.3 Å². The Morgan fingerprint density at radius 2 is 1.82 bits per heavy atom. The van der Waals surface area contributed by atoms with E-state index in [0.29, 0.717) is 11.3 Å². The van der Waals surface area contributed by atoms with Crippen molar-refractivity contribution in [3.05, 3.63) is 111 Å². The quantitative estimate of drug-likeness (QED) is 0.174. The molecule has 3 aromatic carbocycles. The fourth-order valence-corrected chi connectivity index (χ4v) is 3.17. The van der Waals surface area contributed by atoms with Crippen LogP contribution in [-0.4, -0.2) is 23.8 Å². The highest BCUT2D eigenvalue weighted by atomic mass is 16.6. The second-order valence-corrected chi connectivity index (χ2v) is 6.91. The van der Waals surface area contributed by atoms with Gasteiger partial charge in [-0.2, -0.15) is 0 Å². The molecule has 0 fully saturated rings. The van der Waals surface area contributed by atoms with Crippen molar-refractivity contribution < 1.29 is 28.7 Å². The molecule has 0 amide bonds. The molecule has 33 heavy (non-hydrogen) atoms. The summed E-state index contributed by atoms with van der Waals surface area (Å²) in [6.07, 6.45) is 5.03. The van der Waals surface area contributed by atoms with Crippen molar-refractivity contribution in [2.75, 3.05) is 7.11 Å². The molecule has 4 rings (SSSR count). The number of ether oxygens (including phenoxy) is 3. The zero-order valence-electron chi connectivity index (χ0n) is 17.4. The van der Waals surface area contributed by atoms with E-state index in [0.717, 1.165) is 5.56 Å². The van der Waals surface area contributed by atoms with Gasteiger partial charge in [-0.15, -0.1) is 0 Å². The van der Waals surface area contributed by atoms with Crippen LogP contribution < -0.4 is 14.2 Å². The minimum atomic E-state index is -0.690. The number of fused-ring (bicyclic) bond motifs is 1. The van der Waals surface area contributed by atoms with Crippen LogP contribution in [0, 0.1) is 10.1 Å². The summed E-state index contributed by atoms with van der Waals surface area (Å²) in [7, 11) is 1.58. The third-order valence-corrected chi connectivity index (χ3v) is 4.83. The Morgan fingerprint density at radius 1 is 1.06 bits per heavy atom. The van der Waals surface area contributed by atoms with Gasteiger partial charge in [0.25, 0.3) is 5.69 Å². The van der Waals surface area contributed by atoms with Crippen molar-refractivity contribution in [1.82, 2.24) is 0 Å². The van der Waals surface area contributed by atoms with Crippen molar-refractivity contribution in [1.29, 1.82) is 0 Å². The number of non-ortho nitro benzene ring substituents is 1. The summed E-state index contributed by atoms with van der Waals surface area (Å²) >= 11 is 0. The summed E-state index contributed by atoms with van der Waals surface area (Å²) in [6.45, 7) is 0. The number of hydrogen-bond acceptors (Lipinski definition) is 7. The number of nitro groups is 1. The van der Waals surface area contributed by atoms with E-state index in [1.165, 1.54) is 42.5 Å². The van der Waals surface area contributed by atoms with Gasteiger partial charge in [0, 0.05) is 23.8 Å². The number of methoxy groups -OCH3 is 1. The number of Topliss-reactive ketones (excluding diaryl/α,β-unsaturated/α-hetero) is 1. The molecule has 0 aliphatic carbocycles. The number of hydrogen-bond donors (Lipinski definition) is 0. The molecule has 1 aliphatic rings. The zero-order valence-corrected chi connectivity index (χ0v) is 17.4. The van der Waals surface area contributed by atoms with Crippen LogP contribution in [0.5, 0.6) is 17.2 Å². The summed E-state index contributed by atoms with van der Waals surface area (Å²) < 4.78 is 16.3. The number of ketones is 1. The van der Waals surface area contributed by atoms with Gasteiger partial charge in [-0.1, -0.05) is 30.4 Å². The van der Waals surface area contributed by atoms with Crippen molar-refractivity contribution in [3.63, 3.8) is 0 Å². The largest absolute Gasteiger partial charge is 0.496 e. The average molecular weight is 443 g/mol. The van der Waals surface area contributed by atoms with Crippen LogP contribution in [0.15, 0.2) is 84.6 Å². The summed E-state index contributed by atoms with van der Waals surface area (Å²) in [5.74, 6) is 0.304. The number of nitrogens with zero attached hydrogens (tertiary/aromatic N) is 1. The second kappa shape index (κ2) is 9.19. The van der Waals surface area contributed by atoms with Crippen LogP contribution >= 0.6 is 0 Å². The lowest BCUT2D eigenvalue weighted by atomic mass is 10.1. The maximum absolute atomic E-state index is 12.6. The Labute approximate surface area is 188 Å². The third-order valence-electron chi connectivity index (χ3n) is 4.83. The maximum atomic E-state index is 12.6. The molecule has 3 aromatic rings. The Kier molecular flexibility index (Phi) is 5.99. The number of allylic oxidation sites excluding steroid dienone is 3. The molecule has 0 saturated carbocycles. The lowest BCUT2D eigenvalue weighted by Crippen LogP contribution is -2.08. The molecular formula is C25H17NO7. The number of carbonyl (C=O) groups excluding carboxylic acids is 2. The molecule has 0 unspecified atom stereocenters. The third kappa shape index (κ3) is 4.64. The van der Waals surface area contributed by atoms with Crippen LogP contribution in [0.3, 0.4) is 0 Å². The predicted molar refractivity (Wildman–Crippen MR) is 120 cm³/mol. The standard InChI is InChI=1S/C25H17NO7/c1-31-21-7-3-2-5-16(21)6-4-8-22-24(27)20-14-13-19(15-23(20)33-22)32-25(28)17-9-11-18(12-10-17)26(29)30/h2-15H,1H3/b6-4+,22-8-. The van der Waals surface area contributed by atoms with Gasteiger partial charge < -0.3 is 14.2 Å². The van der Waals surface area contributed by atoms with E-state index < -0.39 is 10.9 Å². The van der Waals surface area contributed by atoms with E-state index >= 15 is 0 Å². The topological polar surface area (TPSA) is 105 Å². The van der Waals surface area contributed by atoms with E-state index in [2.05, 4.69) is 0 Å². The molecule has 0 saturated heterocycles. The van der Waals surface area contributed by atoms with Crippen LogP contribution in [0.1, 0.15) is 26.3 Å². The zero-order chi connectivity index (χ0) is 23.4. The number of nitro benzene ring substituents is 1. The molecule has 164 valence electrons. The van der Waals surface area contributed by atoms with Crippen LogP contribution in [0.2, 0.25) is 0 Å². The van der Waals surface area contributed by atoms with Gasteiger partial charge in [-0.05, 0) is 36.4 Å². The molecule has 1 heterocycles. The lowest BCUT2D eigenvalue weighted by Gasteiger charge is -2.05. The van der Waals surface area contributed by atoms with E-state index in [9.17, 15) is 19.7 Å². The monoisotopic (exact) mass is 443 g/mol. The fourth-order valence-electron chi connectivity index (χ4n) is 3.17. The number of para-hydroxylation sites is 1. The molecule has 0 aromatic heterocycles. The summed E-state index contributed by atoms with van der Waals surface area (Å²) in [5, 5.41) is 10.7. The van der Waals surface area contributed by atoms with Gasteiger partial charge in [-0.3, -0.25) is 14.9 Å². The SMILES string of the molecule is COc1ccccc1/C=C/C=C1\Oc2cc(OC(=O)c3ccc([N+](=O)[O-])cc3)ccc2C1=O. The number of rotatable bonds is 6. The first kappa shape index (κ1) is 21.5. The Morgan fingerprint density at radius 3 is 2.55 bits per heavy atom. The summed E-state index contributed by atoms with van der Waals surface area (Å²) in [6, 6.07) is 17.0. The summed E-state index contributed by atoms with van der Waals surface area (Å²) in [4.78, 5) is 35.1. The van der Waals surface area contributed by atoms with Crippen molar-refractivity contribution in [3.8, 4) is 17.2 Å². The van der Waals surface area contributed by atoms with Gasteiger partial charge >= 0.3 is 5.97 Å². The molecule has 1 aliphatic heterocycles. The molecule has 8 heteroatoms. The smallest absolute Gasteiger partial charge is 0.343 e. The second-order valence-electron chi connectivity index (χ2n) is 6.91. The normalized spacial score (nSPS) is 13.6. The molecule has 8 nitrogen and oxygen atoms in total.